The fourth-order valence-corrected chi connectivity index (χ4v) is 7.52. The second kappa shape index (κ2) is 7.53. The van der Waals surface area contributed by atoms with Crippen molar-refractivity contribution in [2.24, 2.45) is 33.7 Å². The SMILES string of the molecule is C[C@]12CCC(=NOCC=O)C=C1CC[C@@H]1[C@@H]2[C@H](O)C[C@@]2(C)[C@H]1CC[C@]2(O)C(=O)CO. The van der Waals surface area contributed by atoms with E-state index >= 15 is 0 Å². The summed E-state index contributed by atoms with van der Waals surface area (Å²) in [5.74, 6) is -0.0730. The molecular formula is C23H33NO6. The predicted molar refractivity (Wildman–Crippen MR) is 110 cm³/mol. The number of oxime groups is 1. The number of hydrogen-bond donors (Lipinski definition) is 3. The van der Waals surface area contributed by atoms with Crippen molar-refractivity contribution in [2.45, 2.75) is 70.5 Å². The van der Waals surface area contributed by atoms with Crippen molar-refractivity contribution in [3.63, 3.8) is 0 Å². The van der Waals surface area contributed by atoms with E-state index in [0.29, 0.717) is 19.1 Å². The van der Waals surface area contributed by atoms with Crippen LogP contribution in [0.4, 0.5) is 0 Å². The molecule has 0 spiro atoms. The summed E-state index contributed by atoms with van der Waals surface area (Å²) in [7, 11) is 0. The number of aldehydes is 1. The Bertz CT molecular complexity index is 793. The second-order valence-corrected chi connectivity index (χ2v) is 10.1. The zero-order valence-corrected chi connectivity index (χ0v) is 17.8. The molecular weight excluding hydrogens is 386 g/mol. The quantitative estimate of drug-likeness (QED) is 0.355. The average Bonchev–Trinajstić information content (AvgIpc) is 2.99. The van der Waals surface area contributed by atoms with E-state index in [-0.39, 0.29) is 29.8 Å². The number of rotatable bonds is 5. The van der Waals surface area contributed by atoms with Crippen LogP contribution in [0.2, 0.25) is 0 Å². The first-order valence-electron chi connectivity index (χ1n) is 11.1. The molecule has 0 heterocycles. The average molecular weight is 420 g/mol. The molecule has 0 aromatic heterocycles. The lowest BCUT2D eigenvalue weighted by Gasteiger charge is -2.60. The van der Waals surface area contributed by atoms with Crippen LogP contribution in [0.1, 0.15) is 58.8 Å². The summed E-state index contributed by atoms with van der Waals surface area (Å²) in [5.41, 5.74) is -0.325. The molecule has 3 fully saturated rings. The number of carbonyl (C=O) groups excluding carboxylic acids is 2. The van der Waals surface area contributed by atoms with Crippen molar-refractivity contribution in [1.82, 2.24) is 0 Å². The van der Waals surface area contributed by atoms with Gasteiger partial charge in [0.05, 0.1) is 11.8 Å². The maximum atomic E-state index is 12.5. The molecule has 0 bridgehead atoms. The Labute approximate surface area is 177 Å². The molecule has 0 radical (unpaired) electrons. The standard InChI is InChI=1S/C23H33NO6/c1-21-7-5-15(24-30-10-9-25)11-14(21)3-4-16-17-6-8-23(29,19(28)13-26)22(17,2)12-18(27)20(16)21/h9,11,16-18,20,26-27,29H,3-8,10,12-13H2,1-2H3/t16-,17-,18+,20+,21-,22-,23-/m0/s1. The van der Waals surface area contributed by atoms with Gasteiger partial charge in [0.1, 0.15) is 12.2 Å². The fraction of sp³-hybridized carbons (Fsp3) is 0.783. The first kappa shape index (κ1) is 21.7. The Hall–Kier alpha value is -1.57. The van der Waals surface area contributed by atoms with Gasteiger partial charge in [0.25, 0.3) is 0 Å². The van der Waals surface area contributed by atoms with E-state index in [4.69, 9.17) is 4.84 Å². The van der Waals surface area contributed by atoms with Crippen molar-refractivity contribution in [3.8, 4) is 0 Å². The molecule has 7 atom stereocenters. The van der Waals surface area contributed by atoms with Gasteiger partial charge in [-0.1, -0.05) is 24.6 Å². The molecule has 0 saturated heterocycles. The molecule has 7 nitrogen and oxygen atoms in total. The van der Waals surface area contributed by atoms with Crippen LogP contribution in [0.3, 0.4) is 0 Å². The number of carbonyl (C=O) groups is 2. The summed E-state index contributed by atoms with van der Waals surface area (Å²) in [6.07, 6.45) is 6.96. The maximum Gasteiger partial charge on any atom is 0.190 e. The fourth-order valence-electron chi connectivity index (χ4n) is 7.52. The Morgan fingerprint density at radius 1 is 1.30 bits per heavy atom. The lowest BCUT2D eigenvalue weighted by Crippen LogP contribution is -2.62. The van der Waals surface area contributed by atoms with Gasteiger partial charge in [-0.2, -0.15) is 0 Å². The van der Waals surface area contributed by atoms with Gasteiger partial charge in [0.2, 0.25) is 0 Å². The van der Waals surface area contributed by atoms with Gasteiger partial charge in [-0.3, -0.25) is 9.59 Å². The largest absolute Gasteiger partial charge is 0.393 e. The van der Waals surface area contributed by atoms with Gasteiger partial charge in [0.15, 0.2) is 18.7 Å². The van der Waals surface area contributed by atoms with Crippen LogP contribution in [0, 0.1) is 28.6 Å². The topological polar surface area (TPSA) is 116 Å². The van der Waals surface area contributed by atoms with Crippen LogP contribution in [0.25, 0.3) is 0 Å². The van der Waals surface area contributed by atoms with Gasteiger partial charge in [-0.15, -0.1) is 0 Å². The van der Waals surface area contributed by atoms with Crippen molar-refractivity contribution < 1.29 is 29.7 Å². The molecule has 4 aliphatic carbocycles. The first-order chi connectivity index (χ1) is 14.2. The monoisotopic (exact) mass is 419 g/mol. The molecule has 0 aliphatic heterocycles. The van der Waals surface area contributed by atoms with Crippen LogP contribution >= 0.6 is 0 Å². The highest BCUT2D eigenvalue weighted by atomic mass is 16.6. The second-order valence-electron chi connectivity index (χ2n) is 10.1. The Balaban J connectivity index is 1.64. The number of fused-ring (bicyclic) bond motifs is 5. The summed E-state index contributed by atoms with van der Waals surface area (Å²) in [5, 5.41) is 36.1. The van der Waals surface area contributed by atoms with E-state index in [1.54, 1.807) is 0 Å². The summed E-state index contributed by atoms with van der Waals surface area (Å²) in [6, 6.07) is 0. The van der Waals surface area contributed by atoms with Crippen LogP contribution in [-0.2, 0) is 14.4 Å². The highest BCUT2D eigenvalue weighted by Gasteiger charge is 2.68. The van der Waals surface area contributed by atoms with Crippen LogP contribution < -0.4 is 0 Å². The van der Waals surface area contributed by atoms with Crippen LogP contribution in [-0.4, -0.2) is 58.0 Å². The summed E-state index contributed by atoms with van der Waals surface area (Å²) in [6.45, 7) is 3.44. The van der Waals surface area contributed by atoms with E-state index in [0.717, 1.165) is 37.8 Å². The number of aliphatic hydroxyl groups is 3. The van der Waals surface area contributed by atoms with Crippen molar-refractivity contribution >= 4 is 17.8 Å². The van der Waals surface area contributed by atoms with E-state index in [2.05, 4.69) is 18.2 Å². The van der Waals surface area contributed by atoms with Crippen molar-refractivity contribution in [2.75, 3.05) is 13.2 Å². The smallest absolute Gasteiger partial charge is 0.190 e. The zero-order valence-electron chi connectivity index (χ0n) is 17.8. The highest BCUT2D eigenvalue weighted by Crippen LogP contribution is 2.67. The molecule has 0 aromatic carbocycles. The Morgan fingerprint density at radius 2 is 2.07 bits per heavy atom. The molecule has 166 valence electrons. The minimum Gasteiger partial charge on any atom is -0.393 e. The number of hydrogen-bond acceptors (Lipinski definition) is 7. The molecule has 3 saturated carbocycles. The predicted octanol–water partition coefficient (Wildman–Crippen LogP) is 1.78. The van der Waals surface area contributed by atoms with Crippen LogP contribution in [0.5, 0.6) is 0 Å². The van der Waals surface area contributed by atoms with E-state index in [1.165, 1.54) is 5.57 Å². The molecule has 30 heavy (non-hydrogen) atoms. The van der Waals surface area contributed by atoms with Crippen molar-refractivity contribution in [3.05, 3.63) is 11.6 Å². The summed E-state index contributed by atoms with van der Waals surface area (Å²) >= 11 is 0. The number of Topliss-reactive ketones (excluding diaryl/α,β-unsaturated/α-hetero) is 1. The number of nitrogens with zero attached hydrogens (tertiary/aromatic N) is 1. The third-order valence-corrected chi connectivity index (χ3v) is 8.99. The molecule has 3 N–H and O–H groups in total. The summed E-state index contributed by atoms with van der Waals surface area (Å²) < 4.78 is 0. The lowest BCUT2D eigenvalue weighted by molar-refractivity contribution is -0.181. The van der Waals surface area contributed by atoms with E-state index in [1.807, 2.05) is 6.92 Å². The van der Waals surface area contributed by atoms with Gasteiger partial charge in [0, 0.05) is 5.41 Å². The summed E-state index contributed by atoms with van der Waals surface area (Å²) in [4.78, 5) is 27.9. The van der Waals surface area contributed by atoms with Gasteiger partial charge < -0.3 is 20.2 Å². The Morgan fingerprint density at radius 3 is 2.77 bits per heavy atom. The van der Waals surface area contributed by atoms with Crippen molar-refractivity contribution in [1.29, 1.82) is 0 Å². The third kappa shape index (κ3) is 2.93. The van der Waals surface area contributed by atoms with E-state index in [9.17, 15) is 24.9 Å². The minimum atomic E-state index is -1.56. The van der Waals surface area contributed by atoms with Crippen LogP contribution in [0.15, 0.2) is 16.8 Å². The van der Waals surface area contributed by atoms with Gasteiger partial charge in [-0.25, -0.2) is 0 Å². The minimum absolute atomic E-state index is 0.0525. The number of aliphatic hydroxyl groups excluding tert-OH is 2. The third-order valence-electron chi connectivity index (χ3n) is 8.99. The molecule has 4 rings (SSSR count). The highest BCUT2D eigenvalue weighted by molar-refractivity contribution is 5.96. The normalized spacial score (nSPS) is 46.4. The maximum absolute atomic E-state index is 12.5. The molecule has 4 aliphatic rings. The lowest BCUT2D eigenvalue weighted by atomic mass is 9.45. The number of allylic oxidation sites excluding steroid dienone is 2. The molecule has 0 amide bonds. The Kier molecular flexibility index (Phi) is 5.44. The molecule has 0 unspecified atom stereocenters. The number of ketones is 1. The first-order valence-corrected chi connectivity index (χ1v) is 11.1. The zero-order chi connectivity index (χ0) is 21.7. The molecule has 7 heteroatoms. The van der Waals surface area contributed by atoms with E-state index < -0.39 is 29.5 Å². The molecule has 0 aromatic rings. The van der Waals surface area contributed by atoms with Gasteiger partial charge in [-0.05, 0) is 74.2 Å². The van der Waals surface area contributed by atoms with Gasteiger partial charge >= 0.3 is 0 Å².